The predicted octanol–water partition coefficient (Wildman–Crippen LogP) is 5.12. The molecule has 1 heterocycles. The summed E-state index contributed by atoms with van der Waals surface area (Å²) < 4.78 is 18.5. The first-order valence-electron chi connectivity index (χ1n) is 14.2. The Morgan fingerprint density at radius 2 is 1.69 bits per heavy atom. The van der Waals surface area contributed by atoms with Gasteiger partial charge in [-0.15, -0.1) is 0 Å². The molecule has 10 heteroatoms. The Morgan fingerprint density at radius 1 is 1.02 bits per heavy atom. The molecule has 0 fully saturated rings. The zero-order chi connectivity index (χ0) is 31.0. The van der Waals surface area contributed by atoms with Gasteiger partial charge in [-0.05, 0) is 95.7 Å². The average Bonchev–Trinajstić information content (AvgIpc) is 3.37. The van der Waals surface area contributed by atoms with Crippen molar-refractivity contribution in [2.45, 2.75) is 52.6 Å². The summed E-state index contributed by atoms with van der Waals surface area (Å²) in [6, 6.07) is 13.3. The van der Waals surface area contributed by atoms with Crippen LogP contribution < -0.4 is 20.1 Å². The van der Waals surface area contributed by atoms with Crippen LogP contribution in [0.5, 0.6) is 11.5 Å². The van der Waals surface area contributed by atoms with Crippen molar-refractivity contribution in [2.75, 3.05) is 53.3 Å². The Balaban J connectivity index is 2.08. The maximum atomic E-state index is 13.2. The van der Waals surface area contributed by atoms with E-state index in [1.54, 1.807) is 45.7 Å². The Morgan fingerprint density at radius 3 is 2.26 bits per heavy atom. The van der Waals surface area contributed by atoms with Crippen molar-refractivity contribution in [3.8, 4) is 28.4 Å². The molecule has 1 amide bonds. The summed E-state index contributed by atoms with van der Waals surface area (Å²) in [5, 5.41) is 10.9. The number of nitrogens with zero attached hydrogens (tertiary/aromatic N) is 3. The van der Waals surface area contributed by atoms with Crippen molar-refractivity contribution in [1.29, 1.82) is 0 Å². The molecule has 2 N–H and O–H groups in total. The van der Waals surface area contributed by atoms with Gasteiger partial charge < -0.3 is 29.7 Å². The van der Waals surface area contributed by atoms with E-state index in [-0.39, 0.29) is 18.2 Å². The standard InChI is InChI=1S/C32H45N5O5/c1-21(2)23-18-22(33-16-11-17-36(6)7)14-15-25(23)37-26(30-27(40-8)12-10-13-28(30)41-9)19-24(35-37)31(39)34-20-29(38)42-32(3,4)5/h10,12-15,18-19,21,33H,11,16-17,20H2,1-9H3,(H,34,39). The Labute approximate surface area is 249 Å². The van der Waals surface area contributed by atoms with Gasteiger partial charge in [0, 0.05) is 12.2 Å². The van der Waals surface area contributed by atoms with Crippen LogP contribution in [-0.4, -0.2) is 80.1 Å². The summed E-state index contributed by atoms with van der Waals surface area (Å²) >= 11 is 0. The number of aromatic nitrogens is 2. The molecule has 3 rings (SSSR count). The molecule has 2 aromatic carbocycles. The highest BCUT2D eigenvalue weighted by Gasteiger charge is 2.25. The first kappa shape index (κ1) is 32.5. The Hall–Kier alpha value is -4.05. The number of carbonyl (C=O) groups is 2. The van der Waals surface area contributed by atoms with Gasteiger partial charge in [0.15, 0.2) is 5.69 Å². The molecule has 3 aromatic rings. The quantitative estimate of drug-likeness (QED) is 0.212. The third-order valence-electron chi connectivity index (χ3n) is 6.43. The SMILES string of the molecule is COc1cccc(OC)c1-c1cc(C(=O)NCC(=O)OC(C)(C)C)nn1-c1ccc(NCCCN(C)C)cc1C(C)C. The summed E-state index contributed by atoms with van der Waals surface area (Å²) in [5.74, 6) is 0.269. The van der Waals surface area contributed by atoms with Gasteiger partial charge in [-0.25, -0.2) is 4.68 Å². The maximum Gasteiger partial charge on any atom is 0.325 e. The second kappa shape index (κ2) is 14.2. The molecule has 0 aliphatic heterocycles. The molecule has 0 aliphatic carbocycles. The molecule has 0 aliphatic rings. The highest BCUT2D eigenvalue weighted by atomic mass is 16.6. The van der Waals surface area contributed by atoms with Crippen LogP contribution in [0.3, 0.4) is 0 Å². The molecular formula is C32H45N5O5. The lowest BCUT2D eigenvalue weighted by atomic mass is 9.99. The number of carbonyl (C=O) groups excluding carboxylic acids is 2. The topological polar surface area (TPSA) is 107 Å². The zero-order valence-electron chi connectivity index (χ0n) is 26.3. The monoisotopic (exact) mass is 579 g/mol. The van der Waals surface area contributed by atoms with E-state index in [4.69, 9.17) is 19.3 Å². The van der Waals surface area contributed by atoms with E-state index >= 15 is 0 Å². The van der Waals surface area contributed by atoms with Crippen LogP contribution in [0.25, 0.3) is 16.9 Å². The number of nitrogens with one attached hydrogen (secondary N) is 2. The number of methoxy groups -OCH3 is 2. The fourth-order valence-electron chi connectivity index (χ4n) is 4.53. The molecule has 0 saturated carbocycles. The van der Waals surface area contributed by atoms with E-state index in [1.165, 1.54) is 0 Å². The van der Waals surface area contributed by atoms with Gasteiger partial charge in [-0.3, -0.25) is 9.59 Å². The van der Waals surface area contributed by atoms with Crippen LogP contribution in [0.2, 0.25) is 0 Å². The highest BCUT2D eigenvalue weighted by molar-refractivity contribution is 5.96. The third kappa shape index (κ3) is 8.48. The number of esters is 1. The molecule has 0 saturated heterocycles. The van der Waals surface area contributed by atoms with Crippen molar-refractivity contribution >= 4 is 17.6 Å². The van der Waals surface area contributed by atoms with Crippen molar-refractivity contribution in [1.82, 2.24) is 20.0 Å². The smallest absolute Gasteiger partial charge is 0.325 e. The minimum Gasteiger partial charge on any atom is -0.496 e. The molecule has 42 heavy (non-hydrogen) atoms. The molecule has 10 nitrogen and oxygen atoms in total. The lowest BCUT2D eigenvalue weighted by Crippen LogP contribution is -2.34. The van der Waals surface area contributed by atoms with Crippen molar-refractivity contribution in [2.24, 2.45) is 0 Å². The van der Waals surface area contributed by atoms with Crippen LogP contribution in [0.1, 0.15) is 63.0 Å². The van der Waals surface area contributed by atoms with Gasteiger partial charge in [0.2, 0.25) is 0 Å². The Bertz CT molecular complexity index is 1350. The minimum absolute atomic E-state index is 0.141. The molecule has 1 aromatic heterocycles. The largest absolute Gasteiger partial charge is 0.496 e. The van der Waals surface area contributed by atoms with Gasteiger partial charge in [0.05, 0.1) is 31.2 Å². The second-order valence-corrected chi connectivity index (χ2v) is 11.6. The molecular weight excluding hydrogens is 534 g/mol. The number of ether oxygens (including phenoxy) is 3. The lowest BCUT2D eigenvalue weighted by molar-refractivity contribution is -0.153. The van der Waals surface area contributed by atoms with Crippen LogP contribution in [-0.2, 0) is 9.53 Å². The Kier molecular flexibility index (Phi) is 11.0. The molecule has 228 valence electrons. The minimum atomic E-state index is -0.655. The first-order valence-corrected chi connectivity index (χ1v) is 14.2. The van der Waals surface area contributed by atoms with Gasteiger partial charge in [-0.1, -0.05) is 19.9 Å². The molecule has 0 spiro atoms. The molecule has 0 unspecified atom stereocenters. The van der Waals surface area contributed by atoms with E-state index < -0.39 is 17.5 Å². The number of amides is 1. The van der Waals surface area contributed by atoms with Crippen LogP contribution in [0, 0.1) is 0 Å². The van der Waals surface area contributed by atoms with Crippen LogP contribution in [0.4, 0.5) is 5.69 Å². The number of hydrogen-bond donors (Lipinski definition) is 2. The second-order valence-electron chi connectivity index (χ2n) is 11.6. The fourth-order valence-corrected chi connectivity index (χ4v) is 4.53. The number of rotatable bonds is 13. The highest BCUT2D eigenvalue weighted by Crippen LogP contribution is 2.40. The molecule has 0 atom stereocenters. The zero-order valence-corrected chi connectivity index (χ0v) is 26.3. The maximum absolute atomic E-state index is 13.2. The van der Waals surface area contributed by atoms with Gasteiger partial charge in [0.25, 0.3) is 5.91 Å². The lowest BCUT2D eigenvalue weighted by Gasteiger charge is -2.19. The van der Waals surface area contributed by atoms with E-state index in [2.05, 4.69) is 49.5 Å². The molecule has 0 bridgehead atoms. The normalized spacial score (nSPS) is 11.5. The van der Waals surface area contributed by atoms with E-state index in [0.29, 0.717) is 22.8 Å². The van der Waals surface area contributed by atoms with Crippen molar-refractivity contribution < 1.29 is 23.8 Å². The van der Waals surface area contributed by atoms with Crippen molar-refractivity contribution in [3.05, 3.63) is 53.7 Å². The average molecular weight is 580 g/mol. The summed E-state index contributed by atoms with van der Waals surface area (Å²) in [6.45, 7) is 11.1. The predicted molar refractivity (Wildman–Crippen MR) is 166 cm³/mol. The fraction of sp³-hybridized carbons (Fsp3) is 0.469. The van der Waals surface area contributed by atoms with Crippen LogP contribution in [0.15, 0.2) is 42.5 Å². The summed E-state index contributed by atoms with van der Waals surface area (Å²) in [5.41, 5.74) is 3.63. The van der Waals surface area contributed by atoms with Gasteiger partial charge in [-0.2, -0.15) is 5.10 Å². The number of hydrogen-bond acceptors (Lipinski definition) is 8. The summed E-state index contributed by atoms with van der Waals surface area (Å²) in [4.78, 5) is 27.7. The van der Waals surface area contributed by atoms with Crippen molar-refractivity contribution in [3.63, 3.8) is 0 Å². The third-order valence-corrected chi connectivity index (χ3v) is 6.43. The van der Waals surface area contributed by atoms with E-state index in [0.717, 1.165) is 36.4 Å². The number of anilines is 1. The first-order chi connectivity index (χ1) is 19.8. The van der Waals surface area contributed by atoms with Crippen LogP contribution >= 0.6 is 0 Å². The summed E-state index contributed by atoms with van der Waals surface area (Å²) in [6.07, 6.45) is 1.02. The van der Waals surface area contributed by atoms with Gasteiger partial charge >= 0.3 is 5.97 Å². The van der Waals surface area contributed by atoms with E-state index in [9.17, 15) is 9.59 Å². The number of benzene rings is 2. The summed E-state index contributed by atoms with van der Waals surface area (Å²) in [7, 11) is 7.31. The van der Waals surface area contributed by atoms with Gasteiger partial charge in [0.1, 0.15) is 23.6 Å². The molecule has 0 radical (unpaired) electrons. The van der Waals surface area contributed by atoms with E-state index in [1.807, 2.05) is 30.3 Å².